The van der Waals surface area contributed by atoms with E-state index in [1.807, 2.05) is 18.2 Å². The zero-order valence-corrected chi connectivity index (χ0v) is 13.6. The maximum atomic E-state index is 12.9. The molecule has 1 N–H and O–H groups in total. The first-order valence-corrected chi connectivity index (χ1v) is 7.70. The van der Waals surface area contributed by atoms with Gasteiger partial charge in [0.2, 0.25) is 5.91 Å². The van der Waals surface area contributed by atoms with Gasteiger partial charge in [-0.3, -0.25) is 14.4 Å². The van der Waals surface area contributed by atoms with Crippen LogP contribution in [0.15, 0.2) is 54.6 Å². The van der Waals surface area contributed by atoms with Crippen LogP contribution in [0.3, 0.4) is 0 Å². The second-order valence-corrected chi connectivity index (χ2v) is 5.93. The van der Waals surface area contributed by atoms with E-state index in [2.05, 4.69) is 5.32 Å². The Labute approximate surface area is 140 Å². The van der Waals surface area contributed by atoms with E-state index in [-0.39, 0.29) is 24.0 Å². The topological polar surface area (TPSA) is 66.5 Å². The standard InChI is InChI=1S/C19H18N2O3/c1-13(22)20-19(12-17(23)14-8-4-3-5-9-14)15-10-6-7-11-16(15)21(2)18(19)24/h3-11H,12H2,1-2H3,(H,20,22)/t19-/m0/s1. The molecule has 0 unspecified atom stereocenters. The van der Waals surface area contributed by atoms with Gasteiger partial charge in [0.25, 0.3) is 5.91 Å². The van der Waals surface area contributed by atoms with Gasteiger partial charge < -0.3 is 10.2 Å². The van der Waals surface area contributed by atoms with Crippen molar-refractivity contribution in [3.63, 3.8) is 0 Å². The third-order valence-electron chi connectivity index (χ3n) is 4.31. The zero-order valence-electron chi connectivity index (χ0n) is 13.6. The Bertz CT molecular complexity index is 816. The van der Waals surface area contributed by atoms with Gasteiger partial charge in [0.15, 0.2) is 11.3 Å². The van der Waals surface area contributed by atoms with E-state index >= 15 is 0 Å². The maximum absolute atomic E-state index is 12.9. The molecule has 0 radical (unpaired) electrons. The van der Waals surface area contributed by atoms with E-state index in [0.29, 0.717) is 16.8 Å². The molecule has 0 spiro atoms. The number of amides is 2. The molecule has 0 aliphatic carbocycles. The number of para-hydroxylation sites is 1. The molecule has 2 aromatic rings. The van der Waals surface area contributed by atoms with Crippen molar-refractivity contribution in [2.45, 2.75) is 18.9 Å². The van der Waals surface area contributed by atoms with Gasteiger partial charge in [-0.2, -0.15) is 0 Å². The lowest BCUT2D eigenvalue weighted by atomic mass is 9.84. The third-order valence-corrected chi connectivity index (χ3v) is 4.31. The first-order chi connectivity index (χ1) is 11.5. The van der Waals surface area contributed by atoms with Gasteiger partial charge in [-0.1, -0.05) is 48.5 Å². The minimum Gasteiger partial charge on any atom is -0.338 e. The first-order valence-electron chi connectivity index (χ1n) is 7.70. The van der Waals surface area contributed by atoms with E-state index in [1.54, 1.807) is 43.4 Å². The molecule has 0 saturated carbocycles. The summed E-state index contributed by atoms with van der Waals surface area (Å²) in [6, 6.07) is 16.0. The Morgan fingerprint density at radius 1 is 1.04 bits per heavy atom. The van der Waals surface area contributed by atoms with Crippen molar-refractivity contribution in [3.8, 4) is 0 Å². The highest BCUT2D eigenvalue weighted by Gasteiger charge is 2.51. The van der Waals surface area contributed by atoms with Crippen molar-refractivity contribution in [2.24, 2.45) is 0 Å². The van der Waals surface area contributed by atoms with Gasteiger partial charge in [-0.05, 0) is 6.07 Å². The molecule has 3 rings (SSSR count). The number of fused-ring (bicyclic) bond motifs is 1. The molecule has 0 fully saturated rings. The summed E-state index contributed by atoms with van der Waals surface area (Å²) in [5.74, 6) is -0.847. The Kier molecular flexibility index (Phi) is 3.93. The van der Waals surface area contributed by atoms with Crippen molar-refractivity contribution in [3.05, 3.63) is 65.7 Å². The number of carbonyl (C=O) groups excluding carboxylic acids is 3. The van der Waals surface area contributed by atoms with E-state index in [1.165, 1.54) is 11.8 Å². The van der Waals surface area contributed by atoms with Crippen LogP contribution in [0.5, 0.6) is 0 Å². The number of rotatable bonds is 4. The number of nitrogens with one attached hydrogen (secondary N) is 1. The maximum Gasteiger partial charge on any atom is 0.257 e. The minimum absolute atomic E-state index is 0.114. The number of ketones is 1. The molecule has 5 nitrogen and oxygen atoms in total. The minimum atomic E-state index is -1.36. The van der Waals surface area contributed by atoms with Gasteiger partial charge in [-0.25, -0.2) is 0 Å². The average Bonchev–Trinajstić information content (AvgIpc) is 2.78. The fraction of sp³-hybridized carbons (Fsp3) is 0.211. The predicted molar refractivity (Wildman–Crippen MR) is 90.7 cm³/mol. The van der Waals surface area contributed by atoms with Gasteiger partial charge in [-0.15, -0.1) is 0 Å². The van der Waals surface area contributed by atoms with Crippen LogP contribution in [0.25, 0.3) is 0 Å². The molecule has 1 atom stereocenters. The lowest BCUT2D eigenvalue weighted by Gasteiger charge is -2.28. The van der Waals surface area contributed by atoms with Crippen LogP contribution in [-0.4, -0.2) is 24.6 Å². The van der Waals surface area contributed by atoms with Crippen LogP contribution in [0.4, 0.5) is 5.69 Å². The molecule has 1 aliphatic heterocycles. The summed E-state index contributed by atoms with van der Waals surface area (Å²) in [6.07, 6.45) is -0.114. The lowest BCUT2D eigenvalue weighted by molar-refractivity contribution is -0.130. The summed E-state index contributed by atoms with van der Waals surface area (Å²) < 4.78 is 0. The molecular formula is C19H18N2O3. The smallest absolute Gasteiger partial charge is 0.257 e. The summed E-state index contributed by atoms with van der Waals surface area (Å²) in [5, 5.41) is 2.74. The van der Waals surface area contributed by atoms with Crippen molar-refractivity contribution in [1.82, 2.24) is 5.32 Å². The monoisotopic (exact) mass is 322 g/mol. The molecule has 122 valence electrons. The van der Waals surface area contributed by atoms with Crippen LogP contribution < -0.4 is 10.2 Å². The summed E-state index contributed by atoms with van der Waals surface area (Å²) >= 11 is 0. The van der Waals surface area contributed by atoms with Crippen molar-refractivity contribution < 1.29 is 14.4 Å². The Morgan fingerprint density at radius 3 is 2.33 bits per heavy atom. The molecule has 5 heteroatoms. The number of benzene rings is 2. The fourth-order valence-electron chi connectivity index (χ4n) is 3.24. The molecule has 0 bridgehead atoms. The molecule has 24 heavy (non-hydrogen) atoms. The van der Waals surface area contributed by atoms with Crippen LogP contribution >= 0.6 is 0 Å². The second-order valence-electron chi connectivity index (χ2n) is 5.93. The fourth-order valence-corrected chi connectivity index (χ4v) is 3.24. The molecule has 0 saturated heterocycles. The van der Waals surface area contributed by atoms with Gasteiger partial charge >= 0.3 is 0 Å². The van der Waals surface area contributed by atoms with Crippen molar-refractivity contribution in [1.29, 1.82) is 0 Å². The number of hydrogen-bond acceptors (Lipinski definition) is 3. The molecule has 1 aliphatic rings. The predicted octanol–water partition coefficient (Wildman–Crippen LogP) is 2.27. The van der Waals surface area contributed by atoms with E-state index in [4.69, 9.17) is 0 Å². The van der Waals surface area contributed by atoms with Gasteiger partial charge in [0, 0.05) is 37.2 Å². The van der Waals surface area contributed by atoms with E-state index in [0.717, 1.165) is 0 Å². The van der Waals surface area contributed by atoms with Gasteiger partial charge in [0.05, 0.1) is 0 Å². The molecule has 2 aromatic carbocycles. The Hall–Kier alpha value is -2.95. The summed E-state index contributed by atoms with van der Waals surface area (Å²) in [7, 11) is 1.65. The quantitative estimate of drug-likeness (QED) is 0.878. The van der Waals surface area contributed by atoms with E-state index in [9.17, 15) is 14.4 Å². The van der Waals surface area contributed by atoms with Crippen LogP contribution in [0.1, 0.15) is 29.3 Å². The third kappa shape index (κ3) is 2.48. The number of hydrogen-bond donors (Lipinski definition) is 1. The summed E-state index contributed by atoms with van der Waals surface area (Å²) in [6.45, 7) is 1.35. The number of nitrogens with zero attached hydrogens (tertiary/aromatic N) is 1. The van der Waals surface area contributed by atoms with Gasteiger partial charge in [0.1, 0.15) is 0 Å². The molecule has 0 aromatic heterocycles. The average molecular weight is 322 g/mol. The highest BCUT2D eigenvalue weighted by atomic mass is 16.2. The second kappa shape index (κ2) is 5.92. The highest BCUT2D eigenvalue weighted by Crippen LogP contribution is 2.42. The molecular weight excluding hydrogens is 304 g/mol. The number of Topliss-reactive ketones (excluding diaryl/α,β-unsaturated/α-hetero) is 1. The Morgan fingerprint density at radius 2 is 1.67 bits per heavy atom. The number of likely N-dealkylation sites (N-methyl/N-ethyl adjacent to an activating group) is 1. The van der Waals surface area contributed by atoms with Crippen LogP contribution in [0, 0.1) is 0 Å². The van der Waals surface area contributed by atoms with E-state index < -0.39 is 5.54 Å². The first kappa shape index (κ1) is 15.9. The highest BCUT2D eigenvalue weighted by molar-refractivity contribution is 6.12. The van der Waals surface area contributed by atoms with Crippen LogP contribution in [0.2, 0.25) is 0 Å². The molecule has 1 heterocycles. The SMILES string of the molecule is CC(=O)N[C@]1(CC(=O)c2ccccc2)C(=O)N(C)c2ccccc21. The van der Waals surface area contributed by atoms with Crippen LogP contribution in [-0.2, 0) is 15.1 Å². The normalized spacial score (nSPS) is 19.1. The van der Waals surface area contributed by atoms with Crippen molar-refractivity contribution >= 4 is 23.3 Å². The lowest BCUT2D eigenvalue weighted by Crippen LogP contribution is -2.53. The summed E-state index contributed by atoms with van der Waals surface area (Å²) in [5.41, 5.74) is 0.514. The Balaban J connectivity index is 2.08. The summed E-state index contributed by atoms with van der Waals surface area (Å²) in [4.78, 5) is 39.0. The molecule has 2 amide bonds. The number of carbonyl (C=O) groups is 3. The zero-order chi connectivity index (χ0) is 17.3. The largest absolute Gasteiger partial charge is 0.338 e. The van der Waals surface area contributed by atoms with Crippen molar-refractivity contribution in [2.75, 3.05) is 11.9 Å². The number of anilines is 1.